The summed E-state index contributed by atoms with van der Waals surface area (Å²) in [5.74, 6) is -1.70. The number of halogens is 5. The van der Waals surface area contributed by atoms with E-state index in [1.165, 1.54) is 31.3 Å². The van der Waals surface area contributed by atoms with Crippen LogP contribution in [-0.2, 0) is 6.54 Å². The van der Waals surface area contributed by atoms with Gasteiger partial charge >= 0.3 is 6.61 Å². The van der Waals surface area contributed by atoms with Crippen molar-refractivity contribution in [2.24, 2.45) is 0 Å². The zero-order chi connectivity index (χ0) is 26.0. The van der Waals surface area contributed by atoms with Crippen molar-refractivity contribution in [1.29, 1.82) is 0 Å². The Morgan fingerprint density at radius 3 is 2.47 bits per heavy atom. The van der Waals surface area contributed by atoms with Gasteiger partial charge in [-0.25, -0.2) is 18.7 Å². The van der Waals surface area contributed by atoms with Crippen LogP contribution >= 0.6 is 0 Å². The second kappa shape index (κ2) is 10.4. The number of anilines is 1. The number of hydrogen-bond donors (Lipinski definition) is 2. The van der Waals surface area contributed by atoms with Crippen molar-refractivity contribution in [3.63, 3.8) is 0 Å². The highest BCUT2D eigenvalue weighted by molar-refractivity contribution is 5.92. The molecule has 0 radical (unpaired) electrons. The van der Waals surface area contributed by atoms with Gasteiger partial charge in [0.25, 0.3) is 17.9 Å². The Balaban J connectivity index is 1.51. The zero-order valence-corrected chi connectivity index (χ0v) is 18.9. The van der Waals surface area contributed by atoms with Crippen molar-refractivity contribution in [1.82, 2.24) is 25.2 Å². The number of amides is 1. The van der Waals surface area contributed by atoms with E-state index in [0.717, 1.165) is 0 Å². The fourth-order valence-electron chi connectivity index (χ4n) is 3.98. The highest BCUT2D eigenvalue weighted by atomic mass is 19.3. The maximum atomic E-state index is 14.5. The number of aromatic amines is 1. The van der Waals surface area contributed by atoms with Crippen LogP contribution in [0.15, 0.2) is 29.1 Å². The summed E-state index contributed by atoms with van der Waals surface area (Å²) >= 11 is 0. The smallest absolute Gasteiger partial charge is 0.387 e. The minimum absolute atomic E-state index is 0.0134. The summed E-state index contributed by atoms with van der Waals surface area (Å²) in [7, 11) is 1.42. The lowest BCUT2D eigenvalue weighted by molar-refractivity contribution is -0.0490. The number of fused-ring (bicyclic) bond motifs is 1. The fraction of sp³-hybridized carbons (Fsp3) is 0.364. The minimum atomic E-state index is -3.23. The van der Waals surface area contributed by atoms with E-state index < -0.39 is 41.9 Å². The molecule has 0 bridgehead atoms. The average molecular weight is 512 g/mol. The number of pyridine rings is 1. The van der Waals surface area contributed by atoms with Gasteiger partial charge in [-0.05, 0) is 29.8 Å². The first kappa shape index (κ1) is 25.3. The first-order valence-electron chi connectivity index (χ1n) is 10.8. The molecule has 0 unspecified atom stereocenters. The molecule has 1 amide bonds. The molecule has 2 N–H and O–H groups in total. The van der Waals surface area contributed by atoms with Crippen molar-refractivity contribution < 1.29 is 31.5 Å². The second-order valence-corrected chi connectivity index (χ2v) is 7.97. The lowest BCUT2D eigenvalue weighted by Crippen LogP contribution is -2.46. The van der Waals surface area contributed by atoms with Crippen molar-refractivity contribution in [2.45, 2.75) is 19.6 Å². The molecule has 9 nitrogen and oxygen atoms in total. The molecule has 14 heteroatoms. The lowest BCUT2D eigenvalue weighted by atomic mass is 10.1. The molecule has 1 fully saturated rings. The molecule has 3 heterocycles. The van der Waals surface area contributed by atoms with Crippen LogP contribution in [0.2, 0.25) is 0 Å². The first-order valence-corrected chi connectivity index (χ1v) is 10.8. The molecule has 1 aliphatic heterocycles. The number of piperazine rings is 1. The highest BCUT2D eigenvalue weighted by Crippen LogP contribution is 2.28. The van der Waals surface area contributed by atoms with Crippen molar-refractivity contribution in [3.8, 4) is 5.75 Å². The van der Waals surface area contributed by atoms with Crippen molar-refractivity contribution in [2.75, 3.05) is 38.1 Å². The summed E-state index contributed by atoms with van der Waals surface area (Å²) in [5, 5.41) is 2.38. The molecule has 0 aliphatic carbocycles. The number of carbonyl (C=O) groups is 1. The Kier molecular flexibility index (Phi) is 7.33. The van der Waals surface area contributed by atoms with E-state index in [1.54, 1.807) is 4.90 Å². The van der Waals surface area contributed by atoms with E-state index in [1.807, 2.05) is 4.90 Å². The lowest BCUT2D eigenvalue weighted by Gasteiger charge is -2.36. The number of nitrogens with zero attached hydrogens (tertiary/aromatic N) is 4. The SMILES string of the molecule is CNC(=O)c1ccc(N2CCN(Cc3cc(OC(F)F)c4nc(C(F)F)c(=O)[nH]c4c3)CC2)c(F)n1. The van der Waals surface area contributed by atoms with Gasteiger partial charge in [0, 0.05) is 39.8 Å². The number of nitrogens with one attached hydrogen (secondary N) is 2. The molecule has 0 atom stereocenters. The summed E-state index contributed by atoms with van der Waals surface area (Å²) in [6.45, 7) is -1.19. The predicted octanol–water partition coefficient (Wildman–Crippen LogP) is 2.68. The Morgan fingerprint density at radius 1 is 1.14 bits per heavy atom. The number of ether oxygens (including phenoxy) is 1. The zero-order valence-electron chi connectivity index (χ0n) is 18.9. The monoisotopic (exact) mass is 512 g/mol. The molecule has 1 aromatic carbocycles. The van der Waals surface area contributed by atoms with E-state index in [2.05, 4.69) is 25.0 Å². The molecule has 36 heavy (non-hydrogen) atoms. The van der Waals surface area contributed by atoms with Crippen LogP contribution in [0.3, 0.4) is 0 Å². The number of hydrogen-bond acceptors (Lipinski definition) is 7. The Labute approximate surface area is 200 Å². The predicted molar refractivity (Wildman–Crippen MR) is 119 cm³/mol. The van der Waals surface area contributed by atoms with Crippen LogP contribution < -0.4 is 20.5 Å². The van der Waals surface area contributed by atoms with Gasteiger partial charge in [0.15, 0.2) is 11.4 Å². The second-order valence-electron chi connectivity index (χ2n) is 7.97. The summed E-state index contributed by atoms with van der Waals surface area (Å²) < 4.78 is 71.0. The Hall–Kier alpha value is -3.81. The quantitative estimate of drug-likeness (QED) is 0.371. The summed E-state index contributed by atoms with van der Waals surface area (Å²) in [4.78, 5) is 36.8. The maximum absolute atomic E-state index is 14.5. The van der Waals surface area contributed by atoms with Crippen LogP contribution in [0, 0.1) is 5.95 Å². The van der Waals surface area contributed by atoms with E-state index in [4.69, 9.17) is 0 Å². The Bertz CT molecular complexity index is 1330. The van der Waals surface area contributed by atoms with Crippen LogP contribution in [0.4, 0.5) is 27.6 Å². The average Bonchev–Trinajstić information content (AvgIpc) is 2.83. The number of carbonyl (C=O) groups excluding carboxylic acids is 1. The van der Waals surface area contributed by atoms with Crippen LogP contribution in [-0.4, -0.2) is 65.6 Å². The minimum Gasteiger partial charge on any atom is -0.432 e. The van der Waals surface area contributed by atoms with E-state index >= 15 is 0 Å². The van der Waals surface area contributed by atoms with Gasteiger partial charge in [-0.3, -0.25) is 14.5 Å². The number of aromatic nitrogens is 3. The molecule has 192 valence electrons. The number of rotatable bonds is 7. The van der Waals surface area contributed by atoms with Crippen molar-refractivity contribution >= 4 is 22.6 Å². The Morgan fingerprint density at radius 2 is 1.86 bits per heavy atom. The summed E-state index contributed by atoms with van der Waals surface area (Å²) in [6, 6.07) is 5.64. The molecular formula is C22H21F5N6O3. The van der Waals surface area contributed by atoms with Crippen LogP contribution in [0.1, 0.15) is 28.2 Å². The standard InChI is InChI=1S/C22H21F5N6O3/c1-28-20(34)12-2-3-14(19(25)29-12)33-6-4-32(5-7-33)10-11-8-13-16(15(9-11)36-22(26)27)31-17(18(23)24)21(35)30-13/h2-3,8-9,18,22H,4-7,10H2,1H3,(H,28,34)(H,30,35). The third kappa shape index (κ3) is 5.37. The fourth-order valence-corrected chi connectivity index (χ4v) is 3.98. The van der Waals surface area contributed by atoms with Gasteiger partial charge in [0.05, 0.1) is 11.2 Å². The molecule has 2 aromatic heterocycles. The van der Waals surface area contributed by atoms with Gasteiger partial charge in [0.1, 0.15) is 11.2 Å². The van der Waals surface area contributed by atoms with Crippen molar-refractivity contribution in [3.05, 3.63) is 57.5 Å². The third-order valence-electron chi connectivity index (χ3n) is 5.68. The molecule has 1 saturated heterocycles. The van der Waals surface area contributed by atoms with Gasteiger partial charge in [-0.1, -0.05) is 0 Å². The van der Waals surface area contributed by atoms with Gasteiger partial charge in [-0.15, -0.1) is 0 Å². The number of benzene rings is 1. The molecule has 4 rings (SSSR count). The molecule has 0 saturated carbocycles. The largest absolute Gasteiger partial charge is 0.432 e. The molecule has 3 aromatic rings. The van der Waals surface area contributed by atoms with E-state index in [-0.39, 0.29) is 29.0 Å². The van der Waals surface area contributed by atoms with Gasteiger partial charge < -0.3 is 19.9 Å². The highest BCUT2D eigenvalue weighted by Gasteiger charge is 2.23. The summed E-state index contributed by atoms with van der Waals surface area (Å²) in [5.41, 5.74) is -1.83. The molecule has 0 spiro atoms. The van der Waals surface area contributed by atoms with Crippen LogP contribution in [0.25, 0.3) is 11.0 Å². The van der Waals surface area contributed by atoms with E-state index in [0.29, 0.717) is 31.7 Å². The normalized spacial score (nSPS) is 14.6. The van der Waals surface area contributed by atoms with Gasteiger partial charge in [0.2, 0.25) is 5.95 Å². The van der Waals surface area contributed by atoms with E-state index in [9.17, 15) is 31.5 Å². The summed E-state index contributed by atoms with van der Waals surface area (Å²) in [6.07, 6.45) is -3.19. The first-order chi connectivity index (χ1) is 17.2. The molecule has 1 aliphatic rings. The third-order valence-corrected chi connectivity index (χ3v) is 5.68. The van der Waals surface area contributed by atoms with Gasteiger partial charge in [-0.2, -0.15) is 13.2 Å². The molecular weight excluding hydrogens is 491 g/mol. The van der Waals surface area contributed by atoms with Crippen LogP contribution in [0.5, 0.6) is 5.75 Å². The topological polar surface area (TPSA) is 103 Å². The number of alkyl halides is 4. The number of H-pyrrole nitrogens is 1. The maximum Gasteiger partial charge on any atom is 0.387 e.